The van der Waals surface area contributed by atoms with Gasteiger partial charge in [-0.1, -0.05) is 24.3 Å². The standard InChI is InChI=1S/C14H23NO4.C10H19O5P.C8H15NO3/c1-5-18-12(16)10-8-6-7-9-11-15-13(17)19-14(2,3)4;1-4-13-10(11)8-7-9-16(12,14-5-2)15-6-3;1-8(2,3)12-7(11)9-5-4-6-10/h6-8,10H,5,9,11H2,1-4H3,(H,15,17);7-8H,4-6,9H2,1-3H3;6H,4-5H2,1-3H3,(H,9,11)/b7-6+,10-8+;8-7+;. The number of aldehydes is 1. The van der Waals surface area contributed by atoms with Crippen LogP contribution in [0.3, 0.4) is 0 Å². The SMILES string of the molecule is CC(C)(C)OC(=O)NCCC=O.CCOC(=O)/C=C/C=C/CCNC(=O)OC(C)(C)C.CCOC(=O)/C=C/CP(=O)(OCC)OCC. The summed E-state index contributed by atoms with van der Waals surface area (Å²) in [6, 6.07) is 0. The van der Waals surface area contributed by atoms with Gasteiger partial charge in [0.2, 0.25) is 0 Å². The van der Waals surface area contributed by atoms with E-state index in [0.717, 1.165) is 6.29 Å². The van der Waals surface area contributed by atoms with E-state index >= 15 is 0 Å². The quantitative estimate of drug-likeness (QED) is 0.0343. The number of carbonyl (C=O) groups is 5. The van der Waals surface area contributed by atoms with Gasteiger partial charge in [-0.05, 0) is 75.7 Å². The Morgan fingerprint density at radius 1 is 0.638 bits per heavy atom. The van der Waals surface area contributed by atoms with Crippen LogP contribution in [-0.4, -0.2) is 87.3 Å². The Morgan fingerprint density at radius 2 is 1.09 bits per heavy atom. The van der Waals surface area contributed by atoms with Crippen LogP contribution in [0.4, 0.5) is 9.59 Å². The van der Waals surface area contributed by atoms with Crippen molar-refractivity contribution < 1.29 is 56.5 Å². The zero-order valence-electron chi connectivity index (χ0n) is 29.8. The second-order valence-electron chi connectivity index (χ2n) is 10.9. The summed E-state index contributed by atoms with van der Waals surface area (Å²) in [6.07, 6.45) is 10.1. The molecule has 0 unspecified atom stereocenters. The molecule has 0 aliphatic rings. The van der Waals surface area contributed by atoms with Crippen LogP contribution in [0.2, 0.25) is 0 Å². The number of carbonyl (C=O) groups excluding carboxylic acids is 5. The van der Waals surface area contributed by atoms with E-state index in [1.54, 1.807) is 60.6 Å². The first-order chi connectivity index (χ1) is 21.9. The number of alkyl carbamates (subject to hydrolysis) is 2. The van der Waals surface area contributed by atoms with Gasteiger partial charge >= 0.3 is 31.7 Å². The number of hydrogen-bond donors (Lipinski definition) is 2. The van der Waals surface area contributed by atoms with Gasteiger partial charge in [-0.3, -0.25) is 4.57 Å². The highest BCUT2D eigenvalue weighted by Gasteiger charge is 2.21. The van der Waals surface area contributed by atoms with Gasteiger partial charge in [0.25, 0.3) is 0 Å². The number of esters is 2. The van der Waals surface area contributed by atoms with Crippen LogP contribution in [0.1, 0.15) is 82.1 Å². The Bertz CT molecular complexity index is 1020. The maximum atomic E-state index is 11.9. The molecule has 0 spiro atoms. The molecule has 0 atom stereocenters. The Hall–Kier alpha value is -3.48. The van der Waals surface area contributed by atoms with E-state index in [1.165, 1.54) is 18.2 Å². The molecule has 0 aliphatic carbocycles. The topological polar surface area (TPSA) is 182 Å². The predicted octanol–water partition coefficient (Wildman–Crippen LogP) is 6.05. The summed E-state index contributed by atoms with van der Waals surface area (Å²) in [5.41, 5.74) is -0.965. The second-order valence-corrected chi connectivity index (χ2v) is 13.0. The summed E-state index contributed by atoms with van der Waals surface area (Å²) in [6.45, 7) is 19.9. The summed E-state index contributed by atoms with van der Waals surface area (Å²) in [5.74, 6) is -0.818. The first-order valence-corrected chi connectivity index (χ1v) is 17.2. The average molecular weight is 693 g/mol. The molecule has 0 radical (unpaired) electrons. The summed E-state index contributed by atoms with van der Waals surface area (Å²) < 4.78 is 41.4. The number of allylic oxidation sites excluding steroid dienone is 3. The fourth-order valence-corrected chi connectivity index (χ4v) is 4.06. The second kappa shape index (κ2) is 28.7. The van der Waals surface area contributed by atoms with Crippen molar-refractivity contribution in [3.63, 3.8) is 0 Å². The number of nitrogens with one attached hydrogen (secondary N) is 2. The molecule has 14 nitrogen and oxygen atoms in total. The van der Waals surface area contributed by atoms with Gasteiger partial charge in [0.15, 0.2) is 0 Å². The zero-order valence-corrected chi connectivity index (χ0v) is 30.6. The van der Waals surface area contributed by atoms with Crippen LogP contribution in [0.15, 0.2) is 36.5 Å². The number of rotatable bonds is 17. The van der Waals surface area contributed by atoms with Gasteiger partial charge < -0.3 is 43.4 Å². The van der Waals surface area contributed by atoms with Gasteiger partial charge in [-0.15, -0.1) is 0 Å². The Labute approximate surface area is 280 Å². The Morgan fingerprint density at radius 3 is 1.49 bits per heavy atom. The minimum absolute atomic E-state index is 0.0769. The van der Waals surface area contributed by atoms with Crippen molar-refractivity contribution in [1.82, 2.24) is 10.6 Å². The molecule has 2 N–H and O–H groups in total. The summed E-state index contributed by atoms with van der Waals surface area (Å²) in [4.78, 5) is 53.9. The van der Waals surface area contributed by atoms with Gasteiger partial charge in [-0.25, -0.2) is 19.2 Å². The summed E-state index contributed by atoms with van der Waals surface area (Å²) in [5, 5.41) is 5.08. The lowest BCUT2D eigenvalue weighted by molar-refractivity contribution is -0.138. The minimum Gasteiger partial charge on any atom is -0.463 e. The fourth-order valence-electron chi connectivity index (χ4n) is 2.62. The van der Waals surface area contributed by atoms with Crippen LogP contribution in [-0.2, 0) is 46.9 Å². The van der Waals surface area contributed by atoms with Gasteiger partial charge in [0.1, 0.15) is 17.5 Å². The third-order valence-electron chi connectivity index (χ3n) is 4.20. The highest BCUT2D eigenvalue weighted by Crippen LogP contribution is 2.47. The highest BCUT2D eigenvalue weighted by molar-refractivity contribution is 7.54. The van der Waals surface area contributed by atoms with Crippen molar-refractivity contribution in [2.75, 3.05) is 45.7 Å². The van der Waals surface area contributed by atoms with Gasteiger partial charge in [0.05, 0.1) is 32.6 Å². The molecule has 0 aromatic heterocycles. The fraction of sp³-hybridized carbons (Fsp3) is 0.656. The van der Waals surface area contributed by atoms with E-state index in [-0.39, 0.29) is 12.1 Å². The Kier molecular flexibility index (Phi) is 29.3. The first kappa shape index (κ1) is 47.9. The van der Waals surface area contributed by atoms with E-state index in [1.807, 2.05) is 26.8 Å². The van der Waals surface area contributed by atoms with E-state index in [4.69, 9.17) is 23.3 Å². The van der Waals surface area contributed by atoms with E-state index in [2.05, 4.69) is 15.4 Å². The van der Waals surface area contributed by atoms with Crippen LogP contribution < -0.4 is 10.6 Å². The third kappa shape index (κ3) is 38.6. The monoisotopic (exact) mass is 692 g/mol. The smallest absolute Gasteiger partial charge is 0.407 e. The van der Waals surface area contributed by atoms with Crippen LogP contribution in [0.5, 0.6) is 0 Å². The van der Waals surface area contributed by atoms with Gasteiger partial charge in [0, 0.05) is 31.7 Å². The van der Waals surface area contributed by atoms with Crippen molar-refractivity contribution in [3.05, 3.63) is 36.5 Å². The van der Waals surface area contributed by atoms with Crippen molar-refractivity contribution in [3.8, 4) is 0 Å². The molecule has 0 saturated heterocycles. The minimum atomic E-state index is -3.09. The molecule has 47 heavy (non-hydrogen) atoms. The maximum absolute atomic E-state index is 11.9. The zero-order chi connectivity index (χ0) is 36.8. The van der Waals surface area contributed by atoms with Crippen LogP contribution >= 0.6 is 7.60 Å². The number of ether oxygens (including phenoxy) is 4. The van der Waals surface area contributed by atoms with Crippen molar-refractivity contribution in [2.45, 2.75) is 93.3 Å². The molecule has 0 saturated carbocycles. The molecule has 2 amide bonds. The normalized spacial score (nSPS) is 11.5. The summed E-state index contributed by atoms with van der Waals surface area (Å²) >= 11 is 0. The molecular weight excluding hydrogens is 635 g/mol. The maximum Gasteiger partial charge on any atom is 0.407 e. The molecule has 0 aromatic carbocycles. The lowest BCUT2D eigenvalue weighted by atomic mass is 10.2. The molecule has 272 valence electrons. The van der Waals surface area contributed by atoms with E-state index in [0.29, 0.717) is 52.4 Å². The first-order valence-electron chi connectivity index (χ1n) is 15.5. The molecule has 15 heteroatoms. The molecule has 0 fully saturated rings. The van der Waals surface area contributed by atoms with Crippen molar-refractivity contribution in [2.24, 2.45) is 0 Å². The lowest BCUT2D eigenvalue weighted by Gasteiger charge is -2.19. The van der Waals surface area contributed by atoms with Gasteiger partial charge in [-0.2, -0.15) is 0 Å². The Balaban J connectivity index is -0.000000634. The molecule has 0 aliphatic heterocycles. The largest absolute Gasteiger partial charge is 0.463 e. The molecule has 0 heterocycles. The van der Waals surface area contributed by atoms with E-state index in [9.17, 15) is 28.5 Å². The summed E-state index contributed by atoms with van der Waals surface area (Å²) in [7, 11) is -3.09. The average Bonchev–Trinajstić information content (AvgIpc) is 2.92. The molecular formula is C32H57N2O12P. The number of amides is 2. The predicted molar refractivity (Wildman–Crippen MR) is 180 cm³/mol. The van der Waals surface area contributed by atoms with Crippen molar-refractivity contribution >= 4 is 38.0 Å². The van der Waals surface area contributed by atoms with Crippen LogP contribution in [0.25, 0.3) is 0 Å². The number of hydrogen-bond acceptors (Lipinski definition) is 12. The van der Waals surface area contributed by atoms with Crippen LogP contribution in [0, 0.1) is 0 Å². The third-order valence-corrected chi connectivity index (χ3v) is 6.16. The molecule has 0 rings (SSSR count). The lowest BCUT2D eigenvalue weighted by Crippen LogP contribution is -2.33. The molecule has 0 aromatic rings. The highest BCUT2D eigenvalue weighted by atomic mass is 31.2. The van der Waals surface area contributed by atoms with E-state index < -0.39 is 37.0 Å². The van der Waals surface area contributed by atoms with Crippen molar-refractivity contribution in [1.29, 1.82) is 0 Å². The molecule has 0 bridgehead atoms.